The fraction of sp³-hybridized carbons (Fsp3) is 0.533. The van der Waals surface area contributed by atoms with Gasteiger partial charge in [-0.15, -0.1) is 0 Å². The zero-order valence-corrected chi connectivity index (χ0v) is 11.5. The van der Waals surface area contributed by atoms with Crippen LogP contribution in [0.5, 0.6) is 0 Å². The third kappa shape index (κ3) is 2.41. The fourth-order valence-electron chi connectivity index (χ4n) is 2.85. The smallest absolute Gasteiger partial charge is 0.254 e. The Kier molecular flexibility index (Phi) is 4.02. The first-order valence-corrected chi connectivity index (χ1v) is 6.67. The van der Waals surface area contributed by atoms with E-state index in [-0.39, 0.29) is 5.91 Å². The summed E-state index contributed by atoms with van der Waals surface area (Å²) in [7, 11) is 1.94. The molecule has 1 aliphatic heterocycles. The van der Waals surface area contributed by atoms with Gasteiger partial charge < -0.3 is 10.2 Å². The lowest BCUT2D eigenvalue weighted by Crippen LogP contribution is -2.41. The Labute approximate surface area is 109 Å². The highest BCUT2D eigenvalue weighted by Gasteiger charge is 2.29. The number of nitrogens with zero attached hydrogens (tertiary/aromatic N) is 1. The number of aryl methyl sites for hydroxylation is 2. The van der Waals surface area contributed by atoms with Crippen molar-refractivity contribution in [1.82, 2.24) is 10.2 Å². The minimum atomic E-state index is 0.198. The number of rotatable bonds is 3. The lowest BCUT2D eigenvalue weighted by molar-refractivity contribution is 0.0735. The Hall–Kier alpha value is -1.35. The summed E-state index contributed by atoms with van der Waals surface area (Å²) in [5.74, 6) is 0.198. The number of carbonyl (C=O) groups is 1. The predicted molar refractivity (Wildman–Crippen MR) is 73.9 cm³/mol. The normalized spacial score (nSPS) is 19.3. The van der Waals surface area contributed by atoms with Crippen molar-refractivity contribution in [2.24, 2.45) is 0 Å². The second-order valence-corrected chi connectivity index (χ2v) is 5.12. The number of carbonyl (C=O) groups excluding carboxylic acids is 1. The Morgan fingerprint density at radius 2 is 2.06 bits per heavy atom. The summed E-state index contributed by atoms with van der Waals surface area (Å²) in [5.41, 5.74) is 3.05. The molecule has 1 unspecified atom stereocenters. The van der Waals surface area contributed by atoms with E-state index >= 15 is 0 Å². The van der Waals surface area contributed by atoms with E-state index in [1.165, 1.54) is 0 Å². The second kappa shape index (κ2) is 5.53. The second-order valence-electron chi connectivity index (χ2n) is 5.12. The van der Waals surface area contributed by atoms with Crippen molar-refractivity contribution >= 4 is 5.91 Å². The number of likely N-dealkylation sites (tertiary alicyclic amines) is 1. The lowest BCUT2D eigenvalue weighted by Gasteiger charge is -2.26. The van der Waals surface area contributed by atoms with Crippen molar-refractivity contribution in [3.05, 3.63) is 34.9 Å². The Bertz CT molecular complexity index is 422. The molecule has 0 aromatic heterocycles. The van der Waals surface area contributed by atoms with Crippen LogP contribution in [-0.2, 0) is 0 Å². The topological polar surface area (TPSA) is 32.3 Å². The van der Waals surface area contributed by atoms with Crippen LogP contribution in [0.4, 0.5) is 0 Å². The van der Waals surface area contributed by atoms with E-state index in [1.54, 1.807) is 0 Å². The first kappa shape index (κ1) is 13.1. The molecule has 1 amide bonds. The third-order valence-corrected chi connectivity index (χ3v) is 3.77. The summed E-state index contributed by atoms with van der Waals surface area (Å²) in [5, 5.41) is 3.18. The zero-order chi connectivity index (χ0) is 13.1. The first-order valence-electron chi connectivity index (χ1n) is 6.67. The number of likely N-dealkylation sites (N-methyl/N-ethyl adjacent to an activating group) is 1. The molecular formula is C15H22N2O. The molecular weight excluding hydrogens is 224 g/mol. The van der Waals surface area contributed by atoms with Crippen LogP contribution in [0.25, 0.3) is 0 Å². The standard InChI is InChI=1S/C15H22N2O/c1-11-6-4-7-12(2)14(11)15(18)17-9-5-8-13(17)10-16-3/h4,6-7,13,16H,5,8-10H2,1-3H3. The van der Waals surface area contributed by atoms with Gasteiger partial charge in [-0.25, -0.2) is 0 Å². The number of hydrogen-bond donors (Lipinski definition) is 1. The quantitative estimate of drug-likeness (QED) is 0.886. The average Bonchev–Trinajstić information content (AvgIpc) is 2.77. The van der Waals surface area contributed by atoms with Gasteiger partial charge in [-0.2, -0.15) is 0 Å². The summed E-state index contributed by atoms with van der Waals surface area (Å²) in [6.45, 7) is 5.81. The molecule has 1 aromatic carbocycles. The molecule has 1 aliphatic rings. The van der Waals surface area contributed by atoms with Gasteiger partial charge in [-0.1, -0.05) is 18.2 Å². The summed E-state index contributed by atoms with van der Waals surface area (Å²) in [4.78, 5) is 14.7. The van der Waals surface area contributed by atoms with Gasteiger partial charge in [0.1, 0.15) is 0 Å². The average molecular weight is 246 g/mol. The number of amides is 1. The molecule has 2 rings (SSSR count). The number of benzene rings is 1. The van der Waals surface area contributed by atoms with Crippen molar-refractivity contribution < 1.29 is 4.79 Å². The van der Waals surface area contributed by atoms with E-state index in [9.17, 15) is 4.79 Å². The van der Waals surface area contributed by atoms with Crippen LogP contribution in [0, 0.1) is 13.8 Å². The van der Waals surface area contributed by atoms with E-state index in [0.29, 0.717) is 6.04 Å². The molecule has 0 aliphatic carbocycles. The maximum absolute atomic E-state index is 12.7. The third-order valence-electron chi connectivity index (χ3n) is 3.77. The molecule has 0 bridgehead atoms. The summed E-state index contributed by atoms with van der Waals surface area (Å²) < 4.78 is 0. The first-order chi connectivity index (χ1) is 8.65. The molecule has 1 atom stereocenters. The van der Waals surface area contributed by atoms with Crippen LogP contribution in [0.3, 0.4) is 0 Å². The van der Waals surface area contributed by atoms with Crippen LogP contribution >= 0.6 is 0 Å². The van der Waals surface area contributed by atoms with Gasteiger partial charge in [0.25, 0.3) is 5.91 Å². The van der Waals surface area contributed by atoms with Crippen molar-refractivity contribution in [3.63, 3.8) is 0 Å². The molecule has 1 saturated heterocycles. The lowest BCUT2D eigenvalue weighted by atomic mass is 10.0. The number of nitrogens with one attached hydrogen (secondary N) is 1. The van der Waals surface area contributed by atoms with Crippen LogP contribution in [0.1, 0.15) is 34.3 Å². The van der Waals surface area contributed by atoms with Crippen molar-refractivity contribution in [2.45, 2.75) is 32.7 Å². The molecule has 1 N–H and O–H groups in total. The summed E-state index contributed by atoms with van der Waals surface area (Å²) in [6.07, 6.45) is 2.22. The van der Waals surface area contributed by atoms with E-state index in [4.69, 9.17) is 0 Å². The van der Waals surface area contributed by atoms with Crippen molar-refractivity contribution in [3.8, 4) is 0 Å². The maximum Gasteiger partial charge on any atom is 0.254 e. The molecule has 3 nitrogen and oxygen atoms in total. The van der Waals surface area contributed by atoms with Gasteiger partial charge in [0, 0.05) is 24.7 Å². The van der Waals surface area contributed by atoms with Crippen LogP contribution < -0.4 is 5.32 Å². The summed E-state index contributed by atoms with van der Waals surface area (Å²) >= 11 is 0. The fourth-order valence-corrected chi connectivity index (χ4v) is 2.85. The number of hydrogen-bond acceptors (Lipinski definition) is 2. The van der Waals surface area contributed by atoms with Gasteiger partial charge in [-0.3, -0.25) is 4.79 Å². The Morgan fingerprint density at radius 1 is 1.39 bits per heavy atom. The largest absolute Gasteiger partial charge is 0.334 e. The van der Waals surface area contributed by atoms with Crippen molar-refractivity contribution in [1.29, 1.82) is 0 Å². The van der Waals surface area contributed by atoms with Gasteiger partial charge in [-0.05, 0) is 44.9 Å². The molecule has 1 heterocycles. The highest BCUT2D eigenvalue weighted by Crippen LogP contribution is 2.23. The molecule has 0 spiro atoms. The highest BCUT2D eigenvalue weighted by atomic mass is 16.2. The zero-order valence-electron chi connectivity index (χ0n) is 11.5. The monoisotopic (exact) mass is 246 g/mol. The molecule has 98 valence electrons. The minimum Gasteiger partial charge on any atom is -0.334 e. The molecule has 0 saturated carbocycles. The van der Waals surface area contributed by atoms with Gasteiger partial charge >= 0.3 is 0 Å². The van der Waals surface area contributed by atoms with E-state index in [0.717, 1.165) is 42.6 Å². The molecule has 1 fully saturated rings. The van der Waals surface area contributed by atoms with E-state index in [2.05, 4.69) is 5.32 Å². The SMILES string of the molecule is CNCC1CCCN1C(=O)c1c(C)cccc1C. The van der Waals surface area contributed by atoms with Gasteiger partial charge in [0.05, 0.1) is 0 Å². The molecule has 18 heavy (non-hydrogen) atoms. The van der Waals surface area contributed by atoms with E-state index < -0.39 is 0 Å². The van der Waals surface area contributed by atoms with Crippen molar-refractivity contribution in [2.75, 3.05) is 20.1 Å². The highest BCUT2D eigenvalue weighted by molar-refractivity contribution is 5.97. The van der Waals surface area contributed by atoms with Gasteiger partial charge in [0.2, 0.25) is 0 Å². The van der Waals surface area contributed by atoms with Crippen LogP contribution in [0.2, 0.25) is 0 Å². The maximum atomic E-state index is 12.7. The van der Waals surface area contributed by atoms with Crippen LogP contribution in [0.15, 0.2) is 18.2 Å². The Balaban J connectivity index is 2.25. The predicted octanol–water partition coefficient (Wildman–Crippen LogP) is 2.13. The Morgan fingerprint density at radius 3 is 2.67 bits per heavy atom. The summed E-state index contributed by atoms with van der Waals surface area (Å²) in [6, 6.07) is 6.39. The minimum absolute atomic E-state index is 0.198. The van der Waals surface area contributed by atoms with Crippen LogP contribution in [-0.4, -0.2) is 37.0 Å². The molecule has 3 heteroatoms. The van der Waals surface area contributed by atoms with Gasteiger partial charge in [0.15, 0.2) is 0 Å². The van der Waals surface area contributed by atoms with E-state index in [1.807, 2.05) is 44.0 Å². The molecule has 1 aromatic rings. The molecule has 0 radical (unpaired) electrons.